The first-order chi connectivity index (χ1) is 27.8. The van der Waals surface area contributed by atoms with Crippen LogP contribution in [0.15, 0.2) is 0 Å². The van der Waals surface area contributed by atoms with Crippen molar-refractivity contribution in [1.82, 2.24) is 0 Å². The summed E-state index contributed by atoms with van der Waals surface area (Å²) in [7, 11) is 8.01. The molecule has 15 unspecified atom stereocenters. The summed E-state index contributed by atoms with van der Waals surface area (Å²) in [6.45, 7) is 37.3. The van der Waals surface area contributed by atoms with Gasteiger partial charge in [-0.1, -0.05) is 204 Å². The van der Waals surface area contributed by atoms with Crippen LogP contribution in [0.5, 0.6) is 0 Å². The lowest BCUT2D eigenvalue weighted by Crippen LogP contribution is -2.60. The van der Waals surface area contributed by atoms with Gasteiger partial charge in [-0.05, 0) is 150 Å². The van der Waals surface area contributed by atoms with Gasteiger partial charge in [0.05, 0.1) is 0 Å². The molecule has 59 heavy (non-hydrogen) atoms. The van der Waals surface area contributed by atoms with E-state index in [4.69, 9.17) is 0 Å². The van der Waals surface area contributed by atoms with E-state index in [1.54, 1.807) is 6.42 Å². The molecular weight excluding hydrogens is 705 g/mol. The van der Waals surface area contributed by atoms with Crippen molar-refractivity contribution in [3.05, 3.63) is 0 Å². The van der Waals surface area contributed by atoms with E-state index in [0.717, 1.165) is 100 Å². The fourth-order valence-electron chi connectivity index (χ4n) is 16.9. The molecule has 4 saturated carbocycles. The van der Waals surface area contributed by atoms with Crippen molar-refractivity contribution in [2.75, 3.05) is 0 Å². The molecule has 342 valence electrons. The van der Waals surface area contributed by atoms with Gasteiger partial charge < -0.3 is 0 Å². The Hall–Kier alpha value is 0.195. The molecule has 4 rings (SSSR count). The summed E-state index contributed by atoms with van der Waals surface area (Å²) in [5.74, 6) is 14.9. The Balaban J connectivity index is 1.69. The zero-order valence-corrected chi connectivity index (χ0v) is 43.9. The topological polar surface area (TPSA) is 0 Å². The van der Waals surface area contributed by atoms with Gasteiger partial charge in [0, 0.05) is 0 Å². The van der Waals surface area contributed by atoms with Crippen molar-refractivity contribution >= 4 is 23.5 Å². The molecule has 0 heterocycles. The average molecular weight is 815 g/mol. The number of hydrogen-bond donors (Lipinski definition) is 0. The molecule has 0 saturated heterocycles. The van der Waals surface area contributed by atoms with E-state index in [1.165, 1.54) is 135 Å². The molecule has 0 bridgehead atoms. The minimum absolute atomic E-state index is 0.344. The average Bonchev–Trinajstić information content (AvgIpc) is 3.20. The summed E-state index contributed by atoms with van der Waals surface area (Å²) in [6.07, 6.45) is 32.2. The summed E-state index contributed by atoms with van der Waals surface area (Å²) in [4.78, 5) is 0. The van der Waals surface area contributed by atoms with Gasteiger partial charge in [-0.2, -0.15) is 0 Å². The van der Waals surface area contributed by atoms with Gasteiger partial charge >= 0.3 is 0 Å². The number of rotatable bonds is 20. The van der Waals surface area contributed by atoms with Crippen LogP contribution in [0.2, 0.25) is 17.5 Å². The molecule has 0 amide bonds. The first kappa shape index (κ1) is 51.8. The van der Waals surface area contributed by atoms with Crippen molar-refractivity contribution in [1.29, 1.82) is 0 Å². The predicted octanol–water partition coefficient (Wildman–Crippen LogP) is 15.8. The lowest BCUT2D eigenvalue weighted by Gasteiger charge is -2.68. The van der Waals surface area contributed by atoms with Crippen LogP contribution < -0.4 is 0 Å². The second-order valence-electron chi connectivity index (χ2n) is 25.8. The van der Waals surface area contributed by atoms with Crippen LogP contribution in [0.4, 0.5) is 0 Å². The molecule has 0 spiro atoms. The third kappa shape index (κ3) is 11.9. The highest BCUT2D eigenvalue weighted by molar-refractivity contribution is 6.26. The van der Waals surface area contributed by atoms with Gasteiger partial charge in [0.25, 0.3) is 0 Å². The highest BCUT2D eigenvalue weighted by Crippen LogP contribution is 2.71. The van der Waals surface area contributed by atoms with Crippen LogP contribution in [-0.4, -0.2) is 23.5 Å². The molecule has 0 nitrogen and oxygen atoms in total. The molecule has 0 aromatic rings. The van der Waals surface area contributed by atoms with Crippen molar-refractivity contribution < 1.29 is 0 Å². The highest BCUT2D eigenvalue weighted by Gasteiger charge is 2.63. The molecule has 15 atom stereocenters. The van der Waals surface area contributed by atoms with E-state index < -0.39 is 0 Å². The second-order valence-corrected chi connectivity index (χ2v) is 25.8. The van der Waals surface area contributed by atoms with Crippen LogP contribution in [0.25, 0.3) is 0 Å². The minimum Gasteiger partial charge on any atom is -0.0776 e. The van der Waals surface area contributed by atoms with Gasteiger partial charge in [0.15, 0.2) is 0 Å². The summed E-state index contributed by atoms with van der Waals surface area (Å²) >= 11 is 0. The molecule has 0 aliphatic heterocycles. The molecule has 4 aliphatic carbocycles. The maximum Gasteiger partial charge on any atom is 0.105 e. The molecule has 0 N–H and O–H groups in total. The predicted molar refractivity (Wildman–Crippen MR) is 274 cm³/mol. The Morgan fingerprint density at radius 3 is 1.80 bits per heavy atom. The highest BCUT2D eigenvalue weighted by atomic mass is 14.7. The lowest BCUT2D eigenvalue weighted by molar-refractivity contribution is -0.173. The monoisotopic (exact) mass is 815 g/mol. The van der Waals surface area contributed by atoms with E-state index in [9.17, 15) is 0 Å². The standard InChI is InChI=1S/C56H109B3/c1-15-18-19-26-40(7)55(14,32-23-22-24-38(5)33-45-35-46(34-44(16-2)41(45)8)49-27-21-20-25-39(49)6)56(36-47(17-3)54(11,12)13,48-30-28-37(4)29-31-48)50-42(9)51(57)53(59)52(58)43(50)10/h37-53H,15-36,57-59H2,1-14H3. The van der Waals surface area contributed by atoms with Gasteiger partial charge in [0.2, 0.25) is 0 Å². The fourth-order valence-corrected chi connectivity index (χ4v) is 16.9. The van der Waals surface area contributed by atoms with Gasteiger partial charge in [-0.3, -0.25) is 0 Å². The number of hydrogen-bond acceptors (Lipinski definition) is 0. The van der Waals surface area contributed by atoms with E-state index in [-0.39, 0.29) is 0 Å². The van der Waals surface area contributed by atoms with Crippen LogP contribution in [0, 0.1) is 99.1 Å². The summed E-state index contributed by atoms with van der Waals surface area (Å²) in [6, 6.07) is 0. The van der Waals surface area contributed by atoms with Crippen molar-refractivity contribution in [3.63, 3.8) is 0 Å². The molecule has 3 heteroatoms. The molecule has 0 aromatic carbocycles. The zero-order chi connectivity index (χ0) is 43.9. The first-order valence-electron chi connectivity index (χ1n) is 27.8. The second kappa shape index (κ2) is 22.9. The van der Waals surface area contributed by atoms with E-state index >= 15 is 0 Å². The van der Waals surface area contributed by atoms with Gasteiger partial charge in [-0.15, -0.1) is 0 Å². The Bertz CT molecular complexity index is 1170. The Kier molecular flexibility index (Phi) is 20.1. The van der Waals surface area contributed by atoms with Crippen LogP contribution in [-0.2, 0) is 0 Å². The third-order valence-corrected chi connectivity index (χ3v) is 21.8. The molecule has 4 fully saturated rings. The largest absolute Gasteiger partial charge is 0.105 e. The quantitative estimate of drug-likeness (QED) is 0.0848. The molecule has 4 aliphatic rings. The molecule has 0 radical (unpaired) electrons. The SMILES string of the molecule is BC1C(B)C(C)C(C(CC(CC)C(C)(C)C)(C2CCC(C)CC2)C(C)(CCCCC(C)CC2CC(C3CCCCC3C)CC(CC)C2C)C(C)CCCCC)C(C)C1B. The molecular formula is C56H109B3. The Morgan fingerprint density at radius 2 is 1.24 bits per heavy atom. The molecule has 0 aromatic heterocycles. The maximum atomic E-state index is 2.98. The van der Waals surface area contributed by atoms with Crippen molar-refractivity contribution in [2.45, 2.75) is 256 Å². The summed E-state index contributed by atoms with van der Waals surface area (Å²) in [5.41, 5.74) is 1.09. The van der Waals surface area contributed by atoms with Crippen LogP contribution in [0.1, 0.15) is 238 Å². The van der Waals surface area contributed by atoms with Gasteiger partial charge in [-0.25, -0.2) is 0 Å². The lowest BCUT2D eigenvalue weighted by atomic mass is 9.33. The number of unbranched alkanes of at least 4 members (excludes halogenated alkanes) is 3. The van der Waals surface area contributed by atoms with E-state index in [0.29, 0.717) is 16.2 Å². The summed E-state index contributed by atoms with van der Waals surface area (Å²) < 4.78 is 0. The smallest absolute Gasteiger partial charge is 0.0776 e. The van der Waals surface area contributed by atoms with E-state index in [2.05, 4.69) is 120 Å². The Labute approximate surface area is 376 Å². The Morgan fingerprint density at radius 1 is 0.644 bits per heavy atom. The maximum absolute atomic E-state index is 2.98. The van der Waals surface area contributed by atoms with E-state index in [1.807, 2.05) is 0 Å². The van der Waals surface area contributed by atoms with Crippen molar-refractivity contribution in [3.8, 4) is 0 Å². The zero-order valence-electron chi connectivity index (χ0n) is 43.9. The minimum atomic E-state index is 0.344. The van der Waals surface area contributed by atoms with Gasteiger partial charge in [0.1, 0.15) is 23.5 Å². The summed E-state index contributed by atoms with van der Waals surface area (Å²) in [5, 5.41) is 0. The first-order valence-corrected chi connectivity index (χ1v) is 27.8. The third-order valence-electron chi connectivity index (χ3n) is 21.8. The van der Waals surface area contributed by atoms with Crippen molar-refractivity contribution in [2.24, 2.45) is 99.1 Å². The normalized spacial score (nSPS) is 39.8. The fraction of sp³-hybridized carbons (Fsp3) is 1.00. The van der Waals surface area contributed by atoms with Crippen LogP contribution in [0.3, 0.4) is 0 Å². The van der Waals surface area contributed by atoms with Crippen LogP contribution >= 0.6 is 0 Å².